The van der Waals surface area contributed by atoms with Crippen molar-refractivity contribution in [2.24, 2.45) is 11.1 Å². The zero-order valence-electron chi connectivity index (χ0n) is 18.2. The van der Waals surface area contributed by atoms with Crippen molar-refractivity contribution in [3.05, 3.63) is 47.9 Å². The van der Waals surface area contributed by atoms with Gasteiger partial charge in [-0.1, -0.05) is 26.8 Å². The molecule has 0 bridgehead atoms. The number of primary amides is 1. The van der Waals surface area contributed by atoms with E-state index in [1.54, 1.807) is 22.6 Å². The number of thiazole rings is 1. The Morgan fingerprint density at radius 3 is 2.88 bits per heavy atom. The summed E-state index contributed by atoms with van der Waals surface area (Å²) < 4.78 is 1.15. The van der Waals surface area contributed by atoms with Crippen LogP contribution in [0.3, 0.4) is 0 Å². The number of nitrogens with two attached hydrogens (primary N) is 1. The molecule has 2 amide bonds. The topological polar surface area (TPSA) is 113 Å². The fraction of sp³-hybridized carbons (Fsp3) is 0.304. The third kappa shape index (κ3) is 3.69. The highest BCUT2D eigenvalue weighted by atomic mass is 32.1. The number of aromatic nitrogens is 4. The lowest BCUT2D eigenvalue weighted by atomic mass is 9.79. The fourth-order valence-electron chi connectivity index (χ4n) is 4.26. The van der Waals surface area contributed by atoms with E-state index in [4.69, 9.17) is 5.73 Å². The van der Waals surface area contributed by atoms with Crippen molar-refractivity contribution in [2.75, 3.05) is 11.9 Å². The van der Waals surface area contributed by atoms with Crippen LogP contribution in [0.4, 0.5) is 16.3 Å². The molecule has 1 aliphatic heterocycles. The number of aromatic amines is 1. The van der Waals surface area contributed by atoms with Crippen LogP contribution in [0.1, 0.15) is 32.9 Å². The SMILES string of the molecule is CC(C)(C)C1CC(c2cc3c(Nc4ccc5scnc5c4)ncnc3[nH]2)=CCN1C(N)=O. The first-order valence-electron chi connectivity index (χ1n) is 10.5. The number of hydrogen-bond donors (Lipinski definition) is 3. The molecule has 1 aliphatic rings. The molecule has 164 valence electrons. The normalized spacial score (nSPS) is 17.0. The van der Waals surface area contributed by atoms with Crippen molar-refractivity contribution in [2.45, 2.75) is 33.2 Å². The molecule has 4 N–H and O–H groups in total. The van der Waals surface area contributed by atoms with E-state index in [0.717, 1.165) is 50.4 Å². The molecule has 1 unspecified atom stereocenters. The Morgan fingerprint density at radius 2 is 2.09 bits per heavy atom. The van der Waals surface area contributed by atoms with E-state index in [1.807, 2.05) is 17.6 Å². The summed E-state index contributed by atoms with van der Waals surface area (Å²) >= 11 is 1.62. The maximum absolute atomic E-state index is 12.0. The second kappa shape index (κ2) is 7.59. The number of nitrogens with one attached hydrogen (secondary N) is 2. The van der Waals surface area contributed by atoms with Crippen LogP contribution in [0, 0.1) is 5.41 Å². The van der Waals surface area contributed by atoms with Crippen LogP contribution in [-0.4, -0.2) is 43.5 Å². The molecule has 4 aromatic rings. The van der Waals surface area contributed by atoms with E-state index < -0.39 is 0 Å². The Hall–Kier alpha value is -3.46. The summed E-state index contributed by atoms with van der Waals surface area (Å²) in [5.41, 5.74) is 12.2. The monoisotopic (exact) mass is 447 g/mol. The van der Waals surface area contributed by atoms with Gasteiger partial charge in [0.2, 0.25) is 0 Å². The average molecular weight is 448 g/mol. The van der Waals surface area contributed by atoms with Crippen LogP contribution in [0.5, 0.6) is 0 Å². The van der Waals surface area contributed by atoms with Crippen molar-refractivity contribution in [3.8, 4) is 0 Å². The van der Waals surface area contributed by atoms with Crippen molar-refractivity contribution in [1.82, 2.24) is 24.8 Å². The predicted octanol–water partition coefficient (Wildman–Crippen LogP) is 4.89. The van der Waals surface area contributed by atoms with Gasteiger partial charge in [-0.15, -0.1) is 11.3 Å². The van der Waals surface area contributed by atoms with Gasteiger partial charge in [0, 0.05) is 24.0 Å². The van der Waals surface area contributed by atoms with E-state index in [0.29, 0.717) is 6.54 Å². The minimum Gasteiger partial charge on any atom is -0.351 e. The van der Waals surface area contributed by atoms with Crippen LogP contribution in [0.25, 0.3) is 26.8 Å². The van der Waals surface area contributed by atoms with Gasteiger partial charge in [0.05, 0.1) is 21.1 Å². The lowest BCUT2D eigenvalue weighted by Crippen LogP contribution is -2.51. The first-order valence-corrected chi connectivity index (χ1v) is 11.4. The van der Waals surface area contributed by atoms with Crippen molar-refractivity contribution < 1.29 is 4.79 Å². The third-order valence-corrected chi connectivity index (χ3v) is 6.78. The van der Waals surface area contributed by atoms with Gasteiger partial charge in [0.1, 0.15) is 17.8 Å². The molecule has 0 aliphatic carbocycles. The standard InChI is InChI=1S/C23H25N7OS/c1-23(2,3)19-8-13(6-7-30(19)22(24)31)16-10-15-20(25-11-26-21(15)29-16)28-14-4-5-18-17(9-14)27-12-32-18/h4-6,9-12,19H,7-8H2,1-3H3,(H2,24,31)(H2,25,26,28,29). The number of urea groups is 1. The van der Waals surface area contributed by atoms with E-state index in [9.17, 15) is 4.79 Å². The van der Waals surface area contributed by atoms with Gasteiger partial charge in [-0.05, 0) is 41.7 Å². The number of H-pyrrole nitrogens is 1. The highest BCUT2D eigenvalue weighted by molar-refractivity contribution is 7.16. The van der Waals surface area contributed by atoms with Crippen molar-refractivity contribution >= 4 is 55.7 Å². The van der Waals surface area contributed by atoms with Crippen molar-refractivity contribution in [3.63, 3.8) is 0 Å². The van der Waals surface area contributed by atoms with Gasteiger partial charge in [-0.3, -0.25) is 0 Å². The molecular weight excluding hydrogens is 422 g/mol. The van der Waals surface area contributed by atoms with E-state index >= 15 is 0 Å². The maximum atomic E-state index is 12.0. The Morgan fingerprint density at radius 1 is 1.25 bits per heavy atom. The quantitative estimate of drug-likeness (QED) is 0.414. The summed E-state index contributed by atoms with van der Waals surface area (Å²) in [4.78, 5) is 30.4. The second-order valence-electron chi connectivity index (χ2n) is 9.13. The molecule has 0 spiro atoms. The number of hydrogen-bond acceptors (Lipinski definition) is 6. The summed E-state index contributed by atoms with van der Waals surface area (Å²) in [5.74, 6) is 0.731. The van der Waals surface area contributed by atoms with Crippen LogP contribution < -0.4 is 11.1 Å². The molecular formula is C23H25N7OS. The van der Waals surface area contributed by atoms with Crippen LogP contribution in [0.15, 0.2) is 42.2 Å². The van der Waals surface area contributed by atoms with Gasteiger partial charge < -0.3 is 20.9 Å². The zero-order chi connectivity index (χ0) is 22.5. The molecule has 5 rings (SSSR count). The molecule has 9 heteroatoms. The lowest BCUT2D eigenvalue weighted by Gasteiger charge is -2.42. The second-order valence-corrected chi connectivity index (χ2v) is 10.0. The highest BCUT2D eigenvalue weighted by Gasteiger charge is 2.35. The molecule has 1 atom stereocenters. The summed E-state index contributed by atoms with van der Waals surface area (Å²) in [5, 5.41) is 4.31. The zero-order valence-corrected chi connectivity index (χ0v) is 19.0. The average Bonchev–Trinajstić information content (AvgIpc) is 3.39. The van der Waals surface area contributed by atoms with Gasteiger partial charge in [-0.25, -0.2) is 19.7 Å². The fourth-order valence-corrected chi connectivity index (χ4v) is 4.92. The number of carbonyl (C=O) groups excluding carboxylic acids is 1. The summed E-state index contributed by atoms with van der Waals surface area (Å²) in [6.07, 6.45) is 4.33. The maximum Gasteiger partial charge on any atom is 0.315 e. The molecule has 1 aromatic carbocycles. The number of rotatable bonds is 3. The smallest absolute Gasteiger partial charge is 0.315 e. The summed E-state index contributed by atoms with van der Waals surface area (Å²) in [7, 11) is 0. The van der Waals surface area contributed by atoms with Crippen LogP contribution >= 0.6 is 11.3 Å². The molecule has 4 heterocycles. The molecule has 8 nitrogen and oxygen atoms in total. The predicted molar refractivity (Wildman–Crippen MR) is 129 cm³/mol. The molecule has 3 aromatic heterocycles. The van der Waals surface area contributed by atoms with E-state index in [2.05, 4.69) is 64.2 Å². The molecule has 0 fully saturated rings. The number of amides is 2. The highest BCUT2D eigenvalue weighted by Crippen LogP contribution is 2.37. The first kappa shape index (κ1) is 20.4. The summed E-state index contributed by atoms with van der Waals surface area (Å²) in [6.45, 7) is 6.89. The van der Waals surface area contributed by atoms with Gasteiger partial charge in [0.15, 0.2) is 0 Å². The van der Waals surface area contributed by atoms with E-state index in [1.165, 1.54) is 0 Å². The minimum atomic E-state index is -0.383. The number of fused-ring (bicyclic) bond motifs is 2. The number of anilines is 2. The molecule has 32 heavy (non-hydrogen) atoms. The Bertz CT molecular complexity index is 1350. The molecule has 0 radical (unpaired) electrons. The minimum absolute atomic E-state index is 0.0138. The Balaban J connectivity index is 1.48. The molecule has 0 saturated carbocycles. The summed E-state index contributed by atoms with van der Waals surface area (Å²) in [6, 6.07) is 7.80. The lowest BCUT2D eigenvalue weighted by molar-refractivity contribution is 0.129. The number of carbonyl (C=O) groups is 1. The van der Waals surface area contributed by atoms with Crippen LogP contribution in [0.2, 0.25) is 0 Å². The van der Waals surface area contributed by atoms with Gasteiger partial charge in [0.25, 0.3) is 0 Å². The van der Waals surface area contributed by atoms with Crippen LogP contribution in [-0.2, 0) is 0 Å². The first-order chi connectivity index (χ1) is 15.3. The Kier molecular flexibility index (Phi) is 4.85. The number of benzene rings is 1. The third-order valence-electron chi connectivity index (χ3n) is 5.97. The molecule has 0 saturated heterocycles. The van der Waals surface area contributed by atoms with Gasteiger partial charge >= 0.3 is 6.03 Å². The van der Waals surface area contributed by atoms with Gasteiger partial charge in [-0.2, -0.15) is 0 Å². The van der Waals surface area contributed by atoms with Crippen molar-refractivity contribution in [1.29, 1.82) is 0 Å². The Labute approximate surface area is 189 Å². The van der Waals surface area contributed by atoms with E-state index in [-0.39, 0.29) is 17.5 Å². The number of nitrogens with zero attached hydrogens (tertiary/aromatic N) is 4. The largest absolute Gasteiger partial charge is 0.351 e.